The summed E-state index contributed by atoms with van der Waals surface area (Å²) in [6.45, 7) is 4.70. The highest BCUT2D eigenvalue weighted by Crippen LogP contribution is 2.51. The highest BCUT2D eigenvalue weighted by atomic mass is 16.3. The Labute approximate surface area is 325 Å². The molecule has 0 amide bonds. The summed E-state index contributed by atoms with van der Waals surface area (Å²) in [5, 5.41) is 4.76. The zero-order valence-corrected chi connectivity index (χ0v) is 31.1. The van der Waals surface area contributed by atoms with Gasteiger partial charge in [-0.05, 0) is 81.9 Å². The van der Waals surface area contributed by atoms with Crippen LogP contribution >= 0.6 is 0 Å². The number of hydrogen-bond acceptors (Lipinski definition) is 3. The Balaban J connectivity index is 0.965. The molecule has 2 aromatic heterocycles. The van der Waals surface area contributed by atoms with Gasteiger partial charge in [0.15, 0.2) is 0 Å². The van der Waals surface area contributed by atoms with Crippen LogP contribution in [0.3, 0.4) is 0 Å². The zero-order chi connectivity index (χ0) is 37.1. The second-order valence-electron chi connectivity index (χ2n) is 15.9. The van der Waals surface area contributed by atoms with E-state index in [9.17, 15) is 0 Å². The van der Waals surface area contributed by atoms with E-state index in [-0.39, 0.29) is 17.5 Å². The summed E-state index contributed by atoms with van der Waals surface area (Å²) in [5.74, 6) is 0.997. The van der Waals surface area contributed by atoms with Gasteiger partial charge >= 0.3 is 0 Å². The minimum Gasteiger partial charge on any atom is -0.456 e. The zero-order valence-electron chi connectivity index (χ0n) is 31.1. The summed E-state index contributed by atoms with van der Waals surface area (Å²) in [7, 11) is 0. The van der Waals surface area contributed by atoms with Crippen molar-refractivity contribution in [3.05, 3.63) is 193 Å². The number of amidine groups is 1. The first-order valence-corrected chi connectivity index (χ1v) is 19.5. The Kier molecular flexibility index (Phi) is 6.48. The molecule has 266 valence electrons. The van der Waals surface area contributed by atoms with E-state index >= 15 is 0 Å². The van der Waals surface area contributed by atoms with E-state index in [0.717, 1.165) is 55.8 Å². The molecule has 2 unspecified atom stereocenters. The summed E-state index contributed by atoms with van der Waals surface area (Å²) < 4.78 is 9.12. The molecule has 0 N–H and O–H groups in total. The highest BCUT2D eigenvalue weighted by molar-refractivity contribution is 6.15. The maximum Gasteiger partial charge on any atom is 0.137 e. The molecular weight excluding hydrogens is 683 g/mol. The van der Waals surface area contributed by atoms with Crippen molar-refractivity contribution in [1.29, 1.82) is 0 Å². The molecular formula is C52H37N3O. The molecule has 56 heavy (non-hydrogen) atoms. The fourth-order valence-corrected chi connectivity index (χ4v) is 9.82. The molecule has 12 rings (SSSR count). The van der Waals surface area contributed by atoms with Gasteiger partial charge in [0.05, 0.1) is 23.1 Å². The van der Waals surface area contributed by atoms with Crippen LogP contribution in [-0.4, -0.2) is 22.5 Å². The van der Waals surface area contributed by atoms with Crippen molar-refractivity contribution >= 4 is 55.3 Å². The van der Waals surface area contributed by atoms with Crippen molar-refractivity contribution in [2.75, 3.05) is 4.90 Å². The van der Waals surface area contributed by atoms with Gasteiger partial charge in [0.1, 0.15) is 17.0 Å². The van der Waals surface area contributed by atoms with Crippen LogP contribution < -0.4 is 4.90 Å². The Morgan fingerprint density at radius 1 is 0.536 bits per heavy atom. The molecule has 0 bridgehead atoms. The van der Waals surface area contributed by atoms with E-state index in [0.29, 0.717) is 0 Å². The molecule has 0 saturated carbocycles. The van der Waals surface area contributed by atoms with Crippen LogP contribution in [0.2, 0.25) is 0 Å². The molecule has 2 aliphatic carbocycles. The number of para-hydroxylation sites is 2. The standard InChI is InChI=1S/C52H37N3O/c1-52(2)42-18-8-6-15-37(42)40-30-41-38-16-7-10-20-45(38)54(47(41)31-43(40)52)35-27-28-39-49(29-35)56-48-22-12-17-36(50(39)48)32-23-25-33(26-24-32)51-53-44-19-9-11-21-46(44)55(51)34-13-4-3-5-14-34/h3-31,44,46H,1-2H3. The number of benzene rings is 7. The predicted octanol–water partition coefficient (Wildman–Crippen LogP) is 12.8. The number of fused-ring (bicyclic) bond motifs is 10. The van der Waals surface area contributed by atoms with Gasteiger partial charge in [-0.25, -0.2) is 0 Å². The second-order valence-corrected chi connectivity index (χ2v) is 15.9. The number of furan rings is 1. The SMILES string of the molecule is CC1(C)c2ccccc2-c2cc3c4ccccc4n(-c4ccc5c(c4)oc4cccc(-c6ccc(C7=NC8C=CC=CC8N7c7ccccc7)cc6)c45)c3cc21. The molecule has 7 aromatic carbocycles. The van der Waals surface area contributed by atoms with Crippen LogP contribution in [-0.2, 0) is 5.41 Å². The molecule has 1 aliphatic heterocycles. The molecule has 4 heteroatoms. The smallest absolute Gasteiger partial charge is 0.137 e. The molecule has 9 aromatic rings. The number of nitrogens with zero attached hydrogens (tertiary/aromatic N) is 3. The molecule has 0 fully saturated rings. The molecule has 0 spiro atoms. The molecule has 0 radical (unpaired) electrons. The molecule has 0 saturated heterocycles. The van der Waals surface area contributed by atoms with Crippen molar-refractivity contribution in [2.45, 2.75) is 31.3 Å². The average molecular weight is 720 g/mol. The van der Waals surface area contributed by atoms with E-state index < -0.39 is 0 Å². The lowest BCUT2D eigenvalue weighted by Gasteiger charge is -2.29. The van der Waals surface area contributed by atoms with Gasteiger partial charge in [-0.1, -0.05) is 135 Å². The normalized spacial score (nSPS) is 17.9. The highest BCUT2D eigenvalue weighted by Gasteiger charge is 2.37. The third kappa shape index (κ3) is 4.38. The number of allylic oxidation sites excluding steroid dienone is 2. The van der Waals surface area contributed by atoms with E-state index in [1.165, 1.54) is 44.1 Å². The quantitative estimate of drug-likeness (QED) is 0.181. The van der Waals surface area contributed by atoms with E-state index in [2.05, 4.69) is 199 Å². The van der Waals surface area contributed by atoms with Crippen LogP contribution in [0.5, 0.6) is 0 Å². The number of anilines is 1. The molecule has 2 atom stereocenters. The van der Waals surface area contributed by atoms with Crippen LogP contribution in [0.25, 0.3) is 71.7 Å². The maximum atomic E-state index is 6.70. The van der Waals surface area contributed by atoms with Gasteiger partial charge in [0.25, 0.3) is 0 Å². The van der Waals surface area contributed by atoms with Gasteiger partial charge in [-0.15, -0.1) is 0 Å². The van der Waals surface area contributed by atoms with Crippen molar-refractivity contribution < 1.29 is 4.42 Å². The maximum absolute atomic E-state index is 6.70. The Hall–Kier alpha value is -6.91. The molecule has 3 heterocycles. The summed E-state index contributed by atoms with van der Waals surface area (Å²) in [4.78, 5) is 7.58. The van der Waals surface area contributed by atoms with Gasteiger partial charge < -0.3 is 13.9 Å². The summed E-state index contributed by atoms with van der Waals surface area (Å²) in [6.07, 6.45) is 8.69. The third-order valence-corrected chi connectivity index (χ3v) is 12.5. The third-order valence-electron chi connectivity index (χ3n) is 12.5. The van der Waals surface area contributed by atoms with Crippen LogP contribution in [0.15, 0.2) is 185 Å². The van der Waals surface area contributed by atoms with E-state index in [4.69, 9.17) is 9.41 Å². The van der Waals surface area contributed by atoms with Crippen molar-refractivity contribution in [3.8, 4) is 27.9 Å². The first-order valence-electron chi connectivity index (χ1n) is 19.5. The van der Waals surface area contributed by atoms with E-state index in [1.54, 1.807) is 0 Å². The monoisotopic (exact) mass is 719 g/mol. The summed E-state index contributed by atoms with van der Waals surface area (Å²) in [5.41, 5.74) is 15.2. The van der Waals surface area contributed by atoms with Crippen molar-refractivity contribution in [2.24, 2.45) is 4.99 Å². The van der Waals surface area contributed by atoms with Crippen LogP contribution in [0.4, 0.5) is 5.69 Å². The number of hydrogen-bond donors (Lipinski definition) is 0. The predicted molar refractivity (Wildman–Crippen MR) is 232 cm³/mol. The van der Waals surface area contributed by atoms with Gasteiger partial charge in [0, 0.05) is 50.0 Å². The minimum atomic E-state index is -0.0857. The van der Waals surface area contributed by atoms with Crippen molar-refractivity contribution in [1.82, 2.24) is 4.57 Å². The minimum absolute atomic E-state index is 0.0857. The summed E-state index contributed by atoms with van der Waals surface area (Å²) >= 11 is 0. The average Bonchev–Trinajstić information content (AvgIpc) is 3.97. The lowest BCUT2D eigenvalue weighted by atomic mass is 9.82. The Morgan fingerprint density at radius 3 is 2.20 bits per heavy atom. The van der Waals surface area contributed by atoms with Crippen LogP contribution in [0, 0.1) is 0 Å². The lowest BCUT2D eigenvalue weighted by Crippen LogP contribution is -2.39. The number of aliphatic imine (C=N–C) groups is 1. The Morgan fingerprint density at radius 2 is 1.30 bits per heavy atom. The Bertz CT molecular complexity index is 3170. The molecule has 3 aliphatic rings. The summed E-state index contributed by atoms with van der Waals surface area (Å²) in [6, 6.07) is 55.4. The van der Waals surface area contributed by atoms with E-state index in [1.807, 2.05) is 0 Å². The fourth-order valence-electron chi connectivity index (χ4n) is 9.82. The lowest BCUT2D eigenvalue weighted by molar-refractivity contribution is 0.661. The fraction of sp³-hybridized carbons (Fsp3) is 0.0962. The van der Waals surface area contributed by atoms with Gasteiger partial charge in [-0.2, -0.15) is 0 Å². The first kappa shape index (κ1) is 31.4. The van der Waals surface area contributed by atoms with Crippen molar-refractivity contribution in [3.63, 3.8) is 0 Å². The largest absolute Gasteiger partial charge is 0.456 e. The van der Waals surface area contributed by atoms with Gasteiger partial charge in [-0.3, -0.25) is 4.99 Å². The number of aromatic nitrogens is 1. The number of rotatable bonds is 4. The second kappa shape index (κ2) is 11.5. The van der Waals surface area contributed by atoms with Crippen LogP contribution in [0.1, 0.15) is 30.5 Å². The van der Waals surface area contributed by atoms with Gasteiger partial charge in [0.2, 0.25) is 0 Å². The first-order chi connectivity index (χ1) is 27.5. The molecule has 4 nitrogen and oxygen atoms in total. The topological polar surface area (TPSA) is 33.7 Å².